The van der Waals surface area contributed by atoms with E-state index in [2.05, 4.69) is 15.5 Å². The number of nitrogens with zero attached hydrogens (tertiary/aromatic N) is 2. The number of rotatable bonds is 1. The van der Waals surface area contributed by atoms with Crippen molar-refractivity contribution in [2.75, 3.05) is 13.1 Å². The minimum absolute atomic E-state index is 0.411. The van der Waals surface area contributed by atoms with Gasteiger partial charge in [-0.25, -0.2) is 0 Å². The Balaban J connectivity index is 1.88. The summed E-state index contributed by atoms with van der Waals surface area (Å²) in [5, 5.41) is 7.64. The van der Waals surface area contributed by atoms with Gasteiger partial charge in [0.1, 0.15) is 0 Å². The van der Waals surface area contributed by atoms with E-state index in [0.717, 1.165) is 18.9 Å². The maximum absolute atomic E-state index is 5.12. The number of hydrogen-bond acceptors (Lipinski definition) is 4. The topological polar surface area (TPSA) is 51.0 Å². The number of nitrogens with one attached hydrogen (secondary N) is 1. The minimum Gasteiger partial charge on any atom is -0.340 e. The average molecular weight is 221 g/mol. The van der Waals surface area contributed by atoms with Crippen molar-refractivity contribution in [2.24, 2.45) is 5.41 Å². The standard InChI is InChI=1S/C12H19N3O/c1-9-14-11(15-16-9)10-7-13-8-12(10)5-3-2-4-6-12/h10,13H,2-8H2,1H3. The van der Waals surface area contributed by atoms with Crippen LogP contribution in [-0.2, 0) is 0 Å². The zero-order chi connectivity index (χ0) is 11.0. The van der Waals surface area contributed by atoms with E-state index in [9.17, 15) is 0 Å². The molecule has 2 aliphatic rings. The van der Waals surface area contributed by atoms with Gasteiger partial charge in [-0.1, -0.05) is 24.4 Å². The van der Waals surface area contributed by atoms with Crippen molar-refractivity contribution in [2.45, 2.75) is 44.9 Å². The van der Waals surface area contributed by atoms with Crippen molar-refractivity contribution in [1.82, 2.24) is 15.5 Å². The highest BCUT2D eigenvalue weighted by Crippen LogP contribution is 2.48. The lowest BCUT2D eigenvalue weighted by molar-refractivity contribution is 0.182. The second kappa shape index (κ2) is 3.84. The summed E-state index contributed by atoms with van der Waals surface area (Å²) in [6.45, 7) is 4.01. The smallest absolute Gasteiger partial charge is 0.223 e. The molecule has 1 saturated carbocycles. The first-order chi connectivity index (χ1) is 7.80. The summed E-state index contributed by atoms with van der Waals surface area (Å²) in [5.41, 5.74) is 0.411. The van der Waals surface area contributed by atoms with Crippen LogP contribution in [0.2, 0.25) is 0 Å². The van der Waals surface area contributed by atoms with Crippen molar-refractivity contribution in [1.29, 1.82) is 0 Å². The maximum Gasteiger partial charge on any atom is 0.223 e. The Morgan fingerprint density at radius 1 is 1.31 bits per heavy atom. The normalized spacial score (nSPS) is 28.7. The van der Waals surface area contributed by atoms with Gasteiger partial charge in [0.05, 0.1) is 0 Å². The lowest BCUT2D eigenvalue weighted by Gasteiger charge is -2.36. The largest absolute Gasteiger partial charge is 0.340 e. The third kappa shape index (κ3) is 1.56. The van der Waals surface area contributed by atoms with Gasteiger partial charge in [-0.2, -0.15) is 4.98 Å². The summed E-state index contributed by atoms with van der Waals surface area (Å²) in [6.07, 6.45) is 6.74. The Kier molecular flexibility index (Phi) is 2.46. The molecular weight excluding hydrogens is 202 g/mol. The molecule has 2 fully saturated rings. The van der Waals surface area contributed by atoms with Gasteiger partial charge in [0, 0.05) is 25.9 Å². The molecule has 1 saturated heterocycles. The first-order valence-electron chi connectivity index (χ1n) is 6.31. The summed E-state index contributed by atoms with van der Waals surface area (Å²) >= 11 is 0. The molecule has 88 valence electrons. The van der Waals surface area contributed by atoms with E-state index in [1.807, 2.05) is 6.92 Å². The molecule has 4 heteroatoms. The van der Waals surface area contributed by atoms with Gasteiger partial charge in [0.15, 0.2) is 5.82 Å². The second-order valence-electron chi connectivity index (χ2n) is 5.28. The lowest BCUT2D eigenvalue weighted by atomic mass is 9.67. The van der Waals surface area contributed by atoms with Crippen LogP contribution < -0.4 is 5.32 Å². The summed E-state index contributed by atoms with van der Waals surface area (Å²) in [5.74, 6) is 2.07. The third-order valence-corrected chi connectivity index (χ3v) is 4.27. The van der Waals surface area contributed by atoms with Crippen LogP contribution in [0.25, 0.3) is 0 Å². The number of aryl methyl sites for hydroxylation is 1. The summed E-state index contributed by atoms with van der Waals surface area (Å²) in [6, 6.07) is 0. The van der Waals surface area contributed by atoms with Crippen LogP contribution in [0.3, 0.4) is 0 Å². The SMILES string of the molecule is Cc1nc(C2CNCC23CCCCC3)no1. The zero-order valence-corrected chi connectivity index (χ0v) is 9.83. The Bertz CT molecular complexity index is 368. The van der Waals surface area contributed by atoms with Crippen molar-refractivity contribution in [3.63, 3.8) is 0 Å². The molecule has 3 rings (SSSR count). The van der Waals surface area contributed by atoms with Gasteiger partial charge in [-0.15, -0.1) is 0 Å². The fraction of sp³-hybridized carbons (Fsp3) is 0.833. The van der Waals surface area contributed by atoms with Crippen LogP contribution >= 0.6 is 0 Å². The highest BCUT2D eigenvalue weighted by Gasteiger charge is 2.46. The van der Waals surface area contributed by atoms with Crippen molar-refractivity contribution >= 4 is 0 Å². The Hall–Kier alpha value is -0.900. The average Bonchev–Trinajstić information content (AvgIpc) is 2.87. The van der Waals surface area contributed by atoms with Gasteiger partial charge in [-0.05, 0) is 18.3 Å². The molecule has 1 aliphatic carbocycles. The van der Waals surface area contributed by atoms with Gasteiger partial charge < -0.3 is 9.84 Å². The molecule has 1 aromatic heterocycles. The van der Waals surface area contributed by atoms with Crippen LogP contribution in [0, 0.1) is 12.3 Å². The predicted octanol–water partition coefficient (Wildman–Crippen LogP) is 2.02. The fourth-order valence-electron chi connectivity index (χ4n) is 3.41. The number of hydrogen-bond donors (Lipinski definition) is 1. The highest BCUT2D eigenvalue weighted by molar-refractivity contribution is 5.10. The van der Waals surface area contributed by atoms with Crippen LogP contribution in [-0.4, -0.2) is 23.2 Å². The van der Waals surface area contributed by atoms with Gasteiger partial charge in [0.25, 0.3) is 0 Å². The van der Waals surface area contributed by atoms with E-state index < -0.39 is 0 Å². The molecule has 1 unspecified atom stereocenters. The minimum atomic E-state index is 0.411. The second-order valence-corrected chi connectivity index (χ2v) is 5.28. The Labute approximate surface area is 95.8 Å². The number of aromatic nitrogens is 2. The molecule has 4 nitrogen and oxygen atoms in total. The molecule has 1 atom stereocenters. The highest BCUT2D eigenvalue weighted by atomic mass is 16.5. The molecule has 0 amide bonds. The molecule has 1 spiro atoms. The Morgan fingerprint density at radius 3 is 2.81 bits per heavy atom. The van der Waals surface area contributed by atoms with E-state index in [1.54, 1.807) is 0 Å². The molecule has 1 aromatic rings. The monoisotopic (exact) mass is 221 g/mol. The molecule has 2 heterocycles. The molecule has 0 aromatic carbocycles. The zero-order valence-electron chi connectivity index (χ0n) is 9.83. The van der Waals surface area contributed by atoms with E-state index in [4.69, 9.17) is 4.52 Å². The summed E-state index contributed by atoms with van der Waals surface area (Å²) in [4.78, 5) is 4.42. The molecule has 16 heavy (non-hydrogen) atoms. The van der Waals surface area contributed by atoms with Crippen molar-refractivity contribution in [3.05, 3.63) is 11.7 Å². The predicted molar refractivity (Wildman–Crippen MR) is 60.2 cm³/mol. The lowest BCUT2D eigenvalue weighted by Crippen LogP contribution is -2.31. The van der Waals surface area contributed by atoms with E-state index in [0.29, 0.717) is 17.2 Å². The van der Waals surface area contributed by atoms with Gasteiger partial charge in [-0.3, -0.25) is 0 Å². The van der Waals surface area contributed by atoms with Crippen LogP contribution in [0.15, 0.2) is 4.52 Å². The van der Waals surface area contributed by atoms with Crippen molar-refractivity contribution < 1.29 is 4.52 Å². The van der Waals surface area contributed by atoms with Gasteiger partial charge in [0.2, 0.25) is 5.89 Å². The first kappa shape index (κ1) is 10.3. The summed E-state index contributed by atoms with van der Waals surface area (Å²) < 4.78 is 5.12. The van der Waals surface area contributed by atoms with Crippen LogP contribution in [0.1, 0.15) is 49.7 Å². The fourth-order valence-corrected chi connectivity index (χ4v) is 3.41. The van der Waals surface area contributed by atoms with E-state index >= 15 is 0 Å². The molecular formula is C12H19N3O. The maximum atomic E-state index is 5.12. The third-order valence-electron chi connectivity index (χ3n) is 4.27. The van der Waals surface area contributed by atoms with E-state index in [1.165, 1.54) is 32.1 Å². The van der Waals surface area contributed by atoms with Crippen LogP contribution in [0.5, 0.6) is 0 Å². The molecule has 1 aliphatic heterocycles. The van der Waals surface area contributed by atoms with Crippen LogP contribution in [0.4, 0.5) is 0 Å². The molecule has 0 radical (unpaired) electrons. The molecule has 1 N–H and O–H groups in total. The van der Waals surface area contributed by atoms with Crippen molar-refractivity contribution in [3.8, 4) is 0 Å². The van der Waals surface area contributed by atoms with E-state index in [-0.39, 0.29) is 0 Å². The quantitative estimate of drug-likeness (QED) is 0.788. The van der Waals surface area contributed by atoms with Gasteiger partial charge >= 0.3 is 0 Å². The Morgan fingerprint density at radius 2 is 2.12 bits per heavy atom. The summed E-state index contributed by atoms with van der Waals surface area (Å²) in [7, 11) is 0. The first-order valence-corrected chi connectivity index (χ1v) is 6.31. The molecule has 0 bridgehead atoms.